The first-order chi connectivity index (χ1) is 11.0. The first-order valence-electron chi connectivity index (χ1n) is 7.68. The van der Waals surface area contributed by atoms with Crippen molar-refractivity contribution in [1.82, 2.24) is 15.0 Å². The van der Waals surface area contributed by atoms with Gasteiger partial charge < -0.3 is 4.74 Å². The maximum absolute atomic E-state index is 11.4. The van der Waals surface area contributed by atoms with E-state index in [2.05, 4.69) is 10.3 Å². The quantitative estimate of drug-likeness (QED) is 0.890. The van der Waals surface area contributed by atoms with Crippen molar-refractivity contribution in [3.63, 3.8) is 0 Å². The molecule has 0 aliphatic carbocycles. The number of primary sulfonamides is 1. The maximum atomic E-state index is 11.4. The standard InChI is InChI=1S/C15H20N4O3S/c16-23(20,21)15-6-3-4-13(10-15)19-11-12(17-18-19)7-8-14-5-1-2-9-22-14/h3-4,6,10-11,14H,1-2,5,7-9H2,(H2,16,20,21). The maximum Gasteiger partial charge on any atom is 0.238 e. The SMILES string of the molecule is NS(=O)(=O)c1cccc(-n2cc(CCC3CCCCO3)nn2)c1. The molecule has 1 saturated heterocycles. The fourth-order valence-electron chi connectivity index (χ4n) is 2.69. The fraction of sp³-hybridized carbons (Fsp3) is 0.467. The van der Waals surface area contributed by atoms with Crippen molar-refractivity contribution in [2.45, 2.75) is 43.1 Å². The van der Waals surface area contributed by atoms with Crippen molar-refractivity contribution in [2.75, 3.05) is 6.61 Å². The second-order valence-electron chi connectivity index (χ2n) is 5.72. The Balaban J connectivity index is 1.69. The number of benzene rings is 1. The number of aryl methyl sites for hydroxylation is 1. The molecule has 2 aromatic rings. The molecule has 1 fully saturated rings. The van der Waals surface area contributed by atoms with E-state index in [0.717, 1.165) is 38.0 Å². The Kier molecular flexibility index (Phi) is 4.74. The number of rotatable bonds is 5. The van der Waals surface area contributed by atoms with Gasteiger partial charge in [0, 0.05) is 6.61 Å². The molecule has 0 bridgehead atoms. The monoisotopic (exact) mass is 336 g/mol. The number of aromatic nitrogens is 3. The van der Waals surface area contributed by atoms with Crippen LogP contribution in [0.1, 0.15) is 31.4 Å². The summed E-state index contributed by atoms with van der Waals surface area (Å²) in [6, 6.07) is 6.33. The highest BCUT2D eigenvalue weighted by Gasteiger charge is 2.15. The summed E-state index contributed by atoms with van der Waals surface area (Å²) in [4.78, 5) is 0.0580. The molecule has 7 nitrogen and oxygen atoms in total. The van der Waals surface area contributed by atoms with Crippen LogP contribution in [0.3, 0.4) is 0 Å². The van der Waals surface area contributed by atoms with E-state index < -0.39 is 10.0 Å². The number of hydrogen-bond acceptors (Lipinski definition) is 5. The molecular weight excluding hydrogens is 316 g/mol. The summed E-state index contributed by atoms with van der Waals surface area (Å²) in [5, 5.41) is 13.4. The summed E-state index contributed by atoms with van der Waals surface area (Å²) in [6.45, 7) is 0.845. The number of nitrogens with zero attached hydrogens (tertiary/aromatic N) is 3. The lowest BCUT2D eigenvalue weighted by molar-refractivity contribution is 0.0113. The molecule has 1 aromatic carbocycles. The van der Waals surface area contributed by atoms with Gasteiger partial charge in [0.25, 0.3) is 0 Å². The third-order valence-electron chi connectivity index (χ3n) is 3.95. The Morgan fingerprint density at radius 2 is 2.22 bits per heavy atom. The molecule has 0 amide bonds. The normalized spacial score (nSPS) is 18.9. The molecule has 23 heavy (non-hydrogen) atoms. The van der Waals surface area contributed by atoms with Crippen molar-refractivity contribution >= 4 is 10.0 Å². The zero-order chi connectivity index (χ0) is 16.3. The molecule has 0 spiro atoms. The molecule has 1 aliphatic heterocycles. The highest BCUT2D eigenvalue weighted by atomic mass is 32.2. The van der Waals surface area contributed by atoms with Gasteiger partial charge in [-0.15, -0.1) is 5.10 Å². The van der Waals surface area contributed by atoms with Crippen LogP contribution < -0.4 is 5.14 Å². The van der Waals surface area contributed by atoms with Gasteiger partial charge in [0.1, 0.15) is 0 Å². The Morgan fingerprint density at radius 1 is 1.35 bits per heavy atom. The van der Waals surface area contributed by atoms with Crippen LogP contribution in [0.2, 0.25) is 0 Å². The minimum Gasteiger partial charge on any atom is -0.378 e. The third-order valence-corrected chi connectivity index (χ3v) is 4.86. The Hall–Kier alpha value is -1.77. The minimum absolute atomic E-state index is 0.0580. The molecule has 1 aliphatic rings. The van der Waals surface area contributed by atoms with Gasteiger partial charge >= 0.3 is 0 Å². The van der Waals surface area contributed by atoms with Gasteiger partial charge in [0.15, 0.2) is 0 Å². The average molecular weight is 336 g/mol. The molecule has 3 rings (SSSR count). The van der Waals surface area contributed by atoms with Crippen LogP contribution in [0.25, 0.3) is 5.69 Å². The molecule has 0 saturated carbocycles. The first kappa shape index (κ1) is 16.1. The van der Waals surface area contributed by atoms with Crippen LogP contribution in [0.5, 0.6) is 0 Å². The smallest absolute Gasteiger partial charge is 0.238 e. The van der Waals surface area contributed by atoms with Crippen LogP contribution in [-0.4, -0.2) is 36.1 Å². The van der Waals surface area contributed by atoms with E-state index in [1.54, 1.807) is 16.8 Å². The van der Waals surface area contributed by atoms with Crippen LogP contribution in [0.4, 0.5) is 0 Å². The van der Waals surface area contributed by atoms with Crippen LogP contribution >= 0.6 is 0 Å². The summed E-state index contributed by atoms with van der Waals surface area (Å²) >= 11 is 0. The van der Waals surface area contributed by atoms with E-state index >= 15 is 0 Å². The predicted octanol–water partition coefficient (Wildman–Crippen LogP) is 1.42. The van der Waals surface area contributed by atoms with Crippen LogP contribution in [0, 0.1) is 0 Å². The summed E-state index contributed by atoms with van der Waals surface area (Å²) in [6.07, 6.45) is 7.30. The summed E-state index contributed by atoms with van der Waals surface area (Å²) in [5.41, 5.74) is 1.48. The second kappa shape index (κ2) is 6.77. The average Bonchev–Trinajstić information content (AvgIpc) is 3.02. The third kappa shape index (κ3) is 4.15. The predicted molar refractivity (Wildman–Crippen MR) is 84.6 cm³/mol. The summed E-state index contributed by atoms with van der Waals surface area (Å²) < 4.78 is 30.1. The van der Waals surface area contributed by atoms with Crippen LogP contribution in [0.15, 0.2) is 35.4 Å². The van der Waals surface area contributed by atoms with Gasteiger partial charge in [-0.2, -0.15) is 0 Å². The Morgan fingerprint density at radius 3 is 2.96 bits per heavy atom. The summed E-state index contributed by atoms with van der Waals surface area (Å²) in [5.74, 6) is 0. The number of nitrogens with two attached hydrogens (primary N) is 1. The van der Waals surface area contributed by atoms with Gasteiger partial charge in [-0.3, -0.25) is 0 Å². The van der Waals surface area contributed by atoms with E-state index in [0.29, 0.717) is 11.8 Å². The summed E-state index contributed by atoms with van der Waals surface area (Å²) in [7, 11) is -3.73. The van der Waals surface area contributed by atoms with Crippen molar-refractivity contribution in [3.05, 3.63) is 36.2 Å². The van der Waals surface area contributed by atoms with Crippen molar-refractivity contribution < 1.29 is 13.2 Å². The molecular formula is C15H20N4O3S. The lowest BCUT2D eigenvalue weighted by Gasteiger charge is -2.21. The highest BCUT2D eigenvalue weighted by Crippen LogP contribution is 2.18. The fourth-order valence-corrected chi connectivity index (χ4v) is 3.24. The van der Waals surface area contributed by atoms with Crippen molar-refractivity contribution in [3.8, 4) is 5.69 Å². The number of ether oxygens (including phenoxy) is 1. The van der Waals surface area contributed by atoms with E-state index in [9.17, 15) is 8.42 Å². The van der Waals surface area contributed by atoms with Gasteiger partial charge in [-0.05, 0) is 50.3 Å². The van der Waals surface area contributed by atoms with Crippen molar-refractivity contribution in [1.29, 1.82) is 0 Å². The largest absolute Gasteiger partial charge is 0.378 e. The van der Waals surface area contributed by atoms with E-state index in [4.69, 9.17) is 9.88 Å². The molecule has 124 valence electrons. The molecule has 1 unspecified atom stereocenters. The lowest BCUT2D eigenvalue weighted by Crippen LogP contribution is -2.19. The van der Waals surface area contributed by atoms with E-state index in [1.165, 1.54) is 18.6 Å². The topological polar surface area (TPSA) is 100 Å². The van der Waals surface area contributed by atoms with Gasteiger partial charge in [0.05, 0.1) is 28.6 Å². The molecule has 0 radical (unpaired) electrons. The van der Waals surface area contributed by atoms with E-state index in [1.807, 2.05) is 6.20 Å². The zero-order valence-electron chi connectivity index (χ0n) is 12.8. The van der Waals surface area contributed by atoms with E-state index in [-0.39, 0.29) is 4.90 Å². The zero-order valence-corrected chi connectivity index (χ0v) is 13.6. The highest BCUT2D eigenvalue weighted by molar-refractivity contribution is 7.89. The van der Waals surface area contributed by atoms with Gasteiger partial charge in [0.2, 0.25) is 10.0 Å². The molecule has 8 heteroatoms. The first-order valence-corrected chi connectivity index (χ1v) is 9.23. The van der Waals surface area contributed by atoms with Gasteiger partial charge in [-0.1, -0.05) is 11.3 Å². The Bertz CT molecular complexity index is 767. The van der Waals surface area contributed by atoms with Crippen molar-refractivity contribution in [2.24, 2.45) is 5.14 Å². The number of sulfonamides is 1. The second-order valence-corrected chi connectivity index (χ2v) is 7.29. The number of hydrogen-bond donors (Lipinski definition) is 1. The molecule has 2 N–H and O–H groups in total. The van der Waals surface area contributed by atoms with Crippen LogP contribution in [-0.2, 0) is 21.2 Å². The molecule has 1 aromatic heterocycles. The molecule has 2 heterocycles. The molecule has 1 atom stereocenters. The lowest BCUT2D eigenvalue weighted by atomic mass is 10.0. The Labute approximate surface area is 135 Å². The van der Waals surface area contributed by atoms with Gasteiger partial charge in [-0.25, -0.2) is 18.2 Å². The minimum atomic E-state index is -3.73.